The molecule has 1 aromatic rings. The zero-order chi connectivity index (χ0) is 28.5. The average molecular weight is 529 g/mol. The van der Waals surface area contributed by atoms with Crippen molar-refractivity contribution in [2.75, 3.05) is 0 Å². The van der Waals surface area contributed by atoms with E-state index in [-0.39, 0.29) is 12.3 Å². The second kappa shape index (κ2) is 13.8. The second-order valence-electron chi connectivity index (χ2n) is 9.50. The van der Waals surface area contributed by atoms with Crippen LogP contribution in [0.2, 0.25) is 0 Å². The largest absolute Gasteiger partial charge is 0.452 e. The van der Waals surface area contributed by atoms with Crippen LogP contribution in [0, 0.1) is 11.8 Å². The number of hydrogen-bond acceptors (Lipinski definition) is 5. The molecule has 0 saturated carbocycles. The Morgan fingerprint density at radius 1 is 0.730 bits per heavy atom. The Morgan fingerprint density at radius 3 is 1.68 bits per heavy atom. The molecule has 0 aromatic heterocycles. The van der Waals surface area contributed by atoms with Crippen LogP contribution < -0.4 is 21.3 Å². The van der Waals surface area contributed by atoms with Crippen LogP contribution in [-0.4, -0.2) is 59.8 Å². The molecule has 0 fully saturated rings. The maximum absolute atomic E-state index is 13.2. The van der Waals surface area contributed by atoms with Crippen LogP contribution in [-0.2, 0) is 30.4 Å². The van der Waals surface area contributed by atoms with Gasteiger partial charge in [-0.25, -0.2) is 0 Å². The highest BCUT2D eigenvalue weighted by Gasteiger charge is 2.42. The van der Waals surface area contributed by atoms with Gasteiger partial charge in [0.1, 0.15) is 18.1 Å². The summed E-state index contributed by atoms with van der Waals surface area (Å²) in [5.41, 5.74) is 0.605. The van der Waals surface area contributed by atoms with E-state index in [4.69, 9.17) is 0 Å². The van der Waals surface area contributed by atoms with Gasteiger partial charge in [-0.15, -0.1) is 0 Å². The Morgan fingerprint density at radius 2 is 1.22 bits per heavy atom. The smallest absolute Gasteiger partial charge is 0.344 e. The van der Waals surface area contributed by atoms with E-state index in [2.05, 4.69) is 16.0 Å². The molecule has 9 nitrogen and oxygen atoms in total. The SMILES string of the molecule is CC(=O)N[C@H](C(=O)N[C@H](C(=O)N[C@@H](Cc1ccccc1)C(=O)NC(C)C(=O)C(F)(F)F)C(C)C)C(C)C. The molecule has 37 heavy (non-hydrogen) atoms. The number of carbonyl (C=O) groups is 5. The fourth-order valence-electron chi connectivity index (χ4n) is 3.48. The minimum absolute atomic E-state index is 0.0788. The fourth-order valence-corrected chi connectivity index (χ4v) is 3.48. The Hall–Kier alpha value is -3.44. The van der Waals surface area contributed by atoms with Crippen molar-refractivity contribution in [1.29, 1.82) is 0 Å². The quantitative estimate of drug-likeness (QED) is 0.328. The van der Waals surface area contributed by atoms with Crippen molar-refractivity contribution in [3.8, 4) is 0 Å². The first-order chi connectivity index (χ1) is 17.0. The van der Waals surface area contributed by atoms with Crippen LogP contribution in [0.25, 0.3) is 0 Å². The summed E-state index contributed by atoms with van der Waals surface area (Å²) in [4.78, 5) is 61.9. The maximum atomic E-state index is 13.2. The summed E-state index contributed by atoms with van der Waals surface area (Å²) in [7, 11) is 0. The van der Waals surface area contributed by atoms with Gasteiger partial charge < -0.3 is 21.3 Å². The highest BCUT2D eigenvalue weighted by atomic mass is 19.4. The van der Waals surface area contributed by atoms with Gasteiger partial charge in [0.15, 0.2) is 0 Å². The number of hydrogen-bond donors (Lipinski definition) is 4. The lowest BCUT2D eigenvalue weighted by molar-refractivity contribution is -0.173. The third-order valence-corrected chi connectivity index (χ3v) is 5.50. The fraction of sp³-hybridized carbons (Fsp3) is 0.560. The first-order valence-corrected chi connectivity index (χ1v) is 11.9. The number of rotatable bonds is 12. The molecular formula is C25H35F3N4O5. The molecule has 0 saturated heterocycles. The van der Waals surface area contributed by atoms with Gasteiger partial charge in [0.05, 0.1) is 6.04 Å². The molecule has 206 valence electrons. The van der Waals surface area contributed by atoms with Crippen molar-refractivity contribution in [2.45, 2.75) is 78.3 Å². The number of nitrogens with one attached hydrogen (secondary N) is 4. The Kier molecular flexibility index (Phi) is 11.7. The number of ketones is 1. The van der Waals surface area contributed by atoms with Crippen LogP contribution in [0.15, 0.2) is 30.3 Å². The van der Waals surface area contributed by atoms with Crippen molar-refractivity contribution in [3.63, 3.8) is 0 Å². The predicted molar refractivity (Wildman–Crippen MR) is 130 cm³/mol. The van der Waals surface area contributed by atoms with Crippen molar-refractivity contribution < 1.29 is 37.1 Å². The molecule has 0 spiro atoms. The lowest BCUT2D eigenvalue weighted by Gasteiger charge is -2.28. The summed E-state index contributed by atoms with van der Waals surface area (Å²) in [6, 6.07) is 3.19. The van der Waals surface area contributed by atoms with E-state index in [0.29, 0.717) is 5.56 Å². The number of alkyl halides is 3. The molecule has 0 heterocycles. The standard InChI is InChI=1S/C25H35F3N4O5/c1-13(2)19(30-16(6)33)24(37)32-20(14(3)4)23(36)31-18(12-17-10-8-7-9-11-17)22(35)29-15(5)21(34)25(26,27)28/h7-11,13-15,18-20H,12H2,1-6H3,(H,29,35)(H,30,33)(H,31,36)(H,32,37)/t15?,18-,19-,20-/m0/s1. The molecule has 4 N–H and O–H groups in total. The Labute approximate surface area is 214 Å². The molecule has 1 unspecified atom stereocenters. The molecule has 1 rings (SSSR count). The van der Waals surface area contributed by atoms with E-state index < -0.39 is 65.7 Å². The topological polar surface area (TPSA) is 133 Å². The minimum atomic E-state index is -5.14. The molecule has 0 aliphatic carbocycles. The third kappa shape index (κ3) is 10.2. The number of Topliss-reactive ketones (excluding diaryl/α,β-unsaturated/α-hetero) is 1. The minimum Gasteiger partial charge on any atom is -0.344 e. The van der Waals surface area contributed by atoms with Crippen LogP contribution in [0.4, 0.5) is 13.2 Å². The monoisotopic (exact) mass is 528 g/mol. The Bertz CT molecular complexity index is 967. The summed E-state index contributed by atoms with van der Waals surface area (Å²) in [5, 5.41) is 9.63. The summed E-state index contributed by atoms with van der Waals surface area (Å²) in [6.07, 6.45) is -5.22. The van der Waals surface area contributed by atoms with Gasteiger partial charge in [-0.05, 0) is 24.3 Å². The first-order valence-electron chi connectivity index (χ1n) is 11.9. The molecule has 0 radical (unpaired) electrons. The zero-order valence-corrected chi connectivity index (χ0v) is 21.7. The van der Waals surface area contributed by atoms with Gasteiger partial charge in [0.25, 0.3) is 5.78 Å². The van der Waals surface area contributed by atoms with Crippen molar-refractivity contribution >= 4 is 29.4 Å². The number of halogens is 3. The Balaban J connectivity index is 3.14. The van der Waals surface area contributed by atoms with E-state index in [9.17, 15) is 37.1 Å². The predicted octanol–water partition coefficient (Wildman–Crippen LogP) is 1.65. The van der Waals surface area contributed by atoms with E-state index in [1.807, 2.05) is 5.32 Å². The summed E-state index contributed by atoms with van der Waals surface area (Å²) in [6.45, 7) is 8.91. The van der Waals surface area contributed by atoms with E-state index in [0.717, 1.165) is 6.92 Å². The molecule has 0 aliphatic rings. The molecule has 1 aromatic carbocycles. The van der Waals surface area contributed by atoms with Crippen LogP contribution in [0.5, 0.6) is 0 Å². The van der Waals surface area contributed by atoms with Gasteiger partial charge in [-0.3, -0.25) is 24.0 Å². The highest BCUT2D eigenvalue weighted by Crippen LogP contribution is 2.18. The lowest BCUT2D eigenvalue weighted by atomic mass is 9.98. The normalized spacial score (nSPS) is 14.8. The molecular weight excluding hydrogens is 493 g/mol. The molecule has 4 amide bonds. The van der Waals surface area contributed by atoms with E-state index >= 15 is 0 Å². The van der Waals surface area contributed by atoms with E-state index in [1.165, 1.54) is 6.92 Å². The van der Waals surface area contributed by atoms with Crippen molar-refractivity contribution in [2.24, 2.45) is 11.8 Å². The zero-order valence-electron chi connectivity index (χ0n) is 21.7. The van der Waals surface area contributed by atoms with Gasteiger partial charge in [0.2, 0.25) is 23.6 Å². The van der Waals surface area contributed by atoms with Crippen molar-refractivity contribution in [1.82, 2.24) is 21.3 Å². The summed E-state index contributed by atoms with van der Waals surface area (Å²) >= 11 is 0. The summed E-state index contributed by atoms with van der Waals surface area (Å²) in [5.74, 6) is -5.64. The lowest BCUT2D eigenvalue weighted by Crippen LogP contribution is -2.60. The van der Waals surface area contributed by atoms with Crippen LogP contribution in [0.3, 0.4) is 0 Å². The van der Waals surface area contributed by atoms with Gasteiger partial charge in [0, 0.05) is 13.3 Å². The van der Waals surface area contributed by atoms with Gasteiger partial charge in [-0.1, -0.05) is 58.0 Å². The van der Waals surface area contributed by atoms with E-state index in [1.54, 1.807) is 58.0 Å². The number of carbonyl (C=O) groups excluding carboxylic acids is 5. The van der Waals surface area contributed by atoms with Crippen LogP contribution in [0.1, 0.15) is 47.1 Å². The van der Waals surface area contributed by atoms with Gasteiger partial charge >= 0.3 is 6.18 Å². The average Bonchev–Trinajstić information content (AvgIpc) is 2.79. The maximum Gasteiger partial charge on any atom is 0.452 e. The molecule has 12 heteroatoms. The van der Waals surface area contributed by atoms with Crippen LogP contribution >= 0.6 is 0 Å². The first kappa shape index (κ1) is 31.6. The highest BCUT2D eigenvalue weighted by molar-refractivity contribution is 5.96. The summed E-state index contributed by atoms with van der Waals surface area (Å²) < 4.78 is 38.4. The third-order valence-electron chi connectivity index (χ3n) is 5.50. The number of amides is 4. The molecule has 0 aliphatic heterocycles. The molecule has 4 atom stereocenters. The second-order valence-corrected chi connectivity index (χ2v) is 9.50. The number of benzene rings is 1. The van der Waals surface area contributed by atoms with Gasteiger partial charge in [-0.2, -0.15) is 13.2 Å². The van der Waals surface area contributed by atoms with Crippen molar-refractivity contribution in [3.05, 3.63) is 35.9 Å². The molecule has 0 bridgehead atoms.